The zero-order chi connectivity index (χ0) is 15.7. The number of likely N-dealkylation sites (N-methyl/N-ethyl adjacent to an activating group) is 1. The molecular formula is C17H25N3O2. The first-order valence-corrected chi connectivity index (χ1v) is 8.03. The number of fused-ring (bicyclic) bond motifs is 1. The maximum atomic E-state index is 11.8. The third kappa shape index (κ3) is 2.77. The molecule has 2 aliphatic rings. The van der Waals surface area contributed by atoms with Gasteiger partial charge in [0.2, 0.25) is 0 Å². The van der Waals surface area contributed by atoms with Crippen LogP contribution in [0.5, 0.6) is 5.75 Å². The highest BCUT2D eigenvalue weighted by molar-refractivity contribution is 5.77. The molecule has 3 rings (SSSR count). The smallest absolute Gasteiger partial charge is 0.317 e. The third-order valence-corrected chi connectivity index (χ3v) is 4.98. The maximum Gasteiger partial charge on any atom is 0.317 e. The number of piperidine rings is 1. The van der Waals surface area contributed by atoms with Crippen LogP contribution in [0.25, 0.3) is 0 Å². The molecule has 0 aromatic heterocycles. The molecule has 2 amide bonds. The lowest BCUT2D eigenvalue weighted by Crippen LogP contribution is -2.50. The average molecular weight is 303 g/mol. The molecule has 0 aliphatic carbocycles. The topological polar surface area (TPSA) is 44.8 Å². The minimum absolute atomic E-state index is 0.0653. The van der Waals surface area contributed by atoms with Gasteiger partial charge in [-0.15, -0.1) is 0 Å². The van der Waals surface area contributed by atoms with Crippen LogP contribution >= 0.6 is 0 Å². The maximum absolute atomic E-state index is 11.8. The van der Waals surface area contributed by atoms with Gasteiger partial charge in [0, 0.05) is 26.7 Å². The van der Waals surface area contributed by atoms with Crippen molar-refractivity contribution in [1.82, 2.24) is 15.1 Å². The van der Waals surface area contributed by atoms with E-state index in [9.17, 15) is 4.79 Å². The fourth-order valence-electron chi connectivity index (χ4n) is 3.62. The molecule has 2 saturated heterocycles. The van der Waals surface area contributed by atoms with E-state index in [1.807, 2.05) is 18.0 Å². The van der Waals surface area contributed by atoms with Crippen molar-refractivity contribution in [1.29, 1.82) is 0 Å². The highest BCUT2D eigenvalue weighted by Gasteiger charge is 2.40. The van der Waals surface area contributed by atoms with Crippen LogP contribution in [0, 0.1) is 0 Å². The lowest BCUT2D eigenvalue weighted by molar-refractivity contribution is 0.147. The van der Waals surface area contributed by atoms with E-state index in [4.69, 9.17) is 4.74 Å². The number of hydrogen-bond donors (Lipinski definition) is 1. The van der Waals surface area contributed by atoms with Crippen molar-refractivity contribution in [3.8, 4) is 5.75 Å². The largest absolute Gasteiger partial charge is 0.497 e. The van der Waals surface area contributed by atoms with Gasteiger partial charge in [-0.1, -0.05) is 13.0 Å². The van der Waals surface area contributed by atoms with Gasteiger partial charge in [-0.05, 0) is 36.1 Å². The van der Waals surface area contributed by atoms with Crippen molar-refractivity contribution in [2.24, 2.45) is 0 Å². The summed E-state index contributed by atoms with van der Waals surface area (Å²) in [4.78, 5) is 16.1. The highest BCUT2D eigenvalue weighted by Crippen LogP contribution is 2.25. The summed E-state index contributed by atoms with van der Waals surface area (Å²) in [5.41, 5.74) is 2.70. The van der Waals surface area contributed by atoms with Gasteiger partial charge >= 0.3 is 6.03 Å². The summed E-state index contributed by atoms with van der Waals surface area (Å²) in [6.07, 6.45) is 2.05. The summed E-state index contributed by atoms with van der Waals surface area (Å²) >= 11 is 0. The van der Waals surface area contributed by atoms with Crippen LogP contribution in [-0.2, 0) is 13.0 Å². The van der Waals surface area contributed by atoms with Crippen LogP contribution in [0.2, 0.25) is 0 Å². The lowest BCUT2D eigenvalue weighted by Gasteiger charge is -2.36. The summed E-state index contributed by atoms with van der Waals surface area (Å²) < 4.78 is 5.32. The number of nitrogens with zero attached hydrogens (tertiary/aromatic N) is 2. The number of urea groups is 1. The Morgan fingerprint density at radius 1 is 1.36 bits per heavy atom. The first-order valence-electron chi connectivity index (χ1n) is 8.03. The normalized spacial score (nSPS) is 25.0. The number of nitrogens with one attached hydrogen (secondary N) is 1. The minimum atomic E-state index is 0.0653. The second-order valence-electron chi connectivity index (χ2n) is 6.25. The summed E-state index contributed by atoms with van der Waals surface area (Å²) in [6.45, 7) is 5.08. The molecule has 2 aliphatic heterocycles. The Morgan fingerprint density at radius 2 is 2.18 bits per heavy atom. The zero-order valence-corrected chi connectivity index (χ0v) is 13.6. The molecule has 1 N–H and O–H groups in total. The van der Waals surface area contributed by atoms with E-state index in [2.05, 4.69) is 29.3 Å². The van der Waals surface area contributed by atoms with Crippen LogP contribution in [0.4, 0.5) is 4.79 Å². The number of aryl methyl sites for hydroxylation is 1. The molecule has 2 atom stereocenters. The Morgan fingerprint density at radius 3 is 2.91 bits per heavy atom. The first-order chi connectivity index (χ1) is 10.6. The fraction of sp³-hybridized carbons (Fsp3) is 0.588. The summed E-state index contributed by atoms with van der Waals surface area (Å²) in [5, 5.41) is 3.09. The predicted molar refractivity (Wildman–Crippen MR) is 86.1 cm³/mol. The minimum Gasteiger partial charge on any atom is -0.497 e. The van der Waals surface area contributed by atoms with Crippen LogP contribution in [0.15, 0.2) is 18.2 Å². The van der Waals surface area contributed by atoms with Gasteiger partial charge < -0.3 is 15.0 Å². The number of carbonyl (C=O) groups excluding carboxylic acids is 1. The number of ether oxygens (including phenoxy) is 1. The van der Waals surface area contributed by atoms with Gasteiger partial charge in [0.05, 0.1) is 19.2 Å². The number of carbonyl (C=O) groups is 1. The SMILES string of the molecule is CCc1cc(OC)ccc1CN1CC[C@H]2[C@@H](C1)NC(=O)N2C. The average Bonchev–Trinajstić information content (AvgIpc) is 2.82. The molecule has 0 saturated carbocycles. The lowest BCUT2D eigenvalue weighted by atomic mass is 9.98. The van der Waals surface area contributed by atoms with E-state index in [0.717, 1.165) is 38.2 Å². The van der Waals surface area contributed by atoms with E-state index >= 15 is 0 Å². The van der Waals surface area contributed by atoms with Crippen molar-refractivity contribution in [2.45, 2.75) is 38.4 Å². The molecule has 5 heteroatoms. The molecular weight excluding hydrogens is 278 g/mol. The molecule has 1 aromatic carbocycles. The Bertz CT molecular complexity index is 561. The summed E-state index contributed by atoms with van der Waals surface area (Å²) in [7, 11) is 3.60. The molecule has 0 spiro atoms. The molecule has 120 valence electrons. The van der Waals surface area contributed by atoms with Crippen molar-refractivity contribution < 1.29 is 9.53 Å². The number of rotatable bonds is 4. The van der Waals surface area contributed by atoms with Crippen LogP contribution < -0.4 is 10.1 Å². The van der Waals surface area contributed by atoms with Crippen LogP contribution in [-0.4, -0.2) is 55.2 Å². The van der Waals surface area contributed by atoms with E-state index in [1.54, 1.807) is 7.11 Å². The van der Waals surface area contributed by atoms with Crippen molar-refractivity contribution >= 4 is 6.03 Å². The standard InChI is InChI=1S/C17H25N3O2/c1-4-12-9-14(22-3)6-5-13(12)10-20-8-7-16-15(11-20)18-17(21)19(16)2/h5-6,9,15-16H,4,7-8,10-11H2,1-3H3,(H,18,21)/t15-,16+/m1/s1. The van der Waals surface area contributed by atoms with Crippen molar-refractivity contribution in [2.75, 3.05) is 27.2 Å². The van der Waals surface area contributed by atoms with E-state index in [1.165, 1.54) is 11.1 Å². The molecule has 2 heterocycles. The Hall–Kier alpha value is -1.75. The monoisotopic (exact) mass is 303 g/mol. The molecule has 0 radical (unpaired) electrons. The van der Waals surface area contributed by atoms with E-state index in [-0.39, 0.29) is 12.1 Å². The Balaban J connectivity index is 1.68. The third-order valence-electron chi connectivity index (χ3n) is 4.98. The number of amides is 2. The number of benzene rings is 1. The first kappa shape index (κ1) is 15.2. The molecule has 22 heavy (non-hydrogen) atoms. The quantitative estimate of drug-likeness (QED) is 0.923. The van der Waals surface area contributed by atoms with Crippen LogP contribution in [0.3, 0.4) is 0 Å². The van der Waals surface area contributed by atoms with Gasteiger partial charge in [-0.2, -0.15) is 0 Å². The van der Waals surface area contributed by atoms with Crippen LogP contribution in [0.1, 0.15) is 24.5 Å². The number of methoxy groups -OCH3 is 1. The van der Waals surface area contributed by atoms with Crippen molar-refractivity contribution in [3.63, 3.8) is 0 Å². The fourth-order valence-corrected chi connectivity index (χ4v) is 3.62. The summed E-state index contributed by atoms with van der Waals surface area (Å²) in [5.74, 6) is 0.920. The predicted octanol–water partition coefficient (Wildman–Crippen LogP) is 1.86. The highest BCUT2D eigenvalue weighted by atomic mass is 16.5. The second-order valence-corrected chi connectivity index (χ2v) is 6.25. The zero-order valence-electron chi connectivity index (χ0n) is 13.6. The van der Waals surface area contributed by atoms with E-state index in [0.29, 0.717) is 6.04 Å². The molecule has 5 nitrogen and oxygen atoms in total. The molecule has 0 bridgehead atoms. The molecule has 2 fully saturated rings. The second kappa shape index (κ2) is 6.16. The van der Waals surface area contributed by atoms with Gasteiger partial charge in [0.15, 0.2) is 0 Å². The summed E-state index contributed by atoms with van der Waals surface area (Å²) in [6, 6.07) is 7.01. The Labute approximate surface area is 132 Å². The molecule has 1 aromatic rings. The van der Waals surface area contributed by atoms with Gasteiger partial charge in [0.1, 0.15) is 5.75 Å². The molecule has 0 unspecified atom stereocenters. The van der Waals surface area contributed by atoms with Gasteiger partial charge in [-0.25, -0.2) is 4.79 Å². The number of hydrogen-bond acceptors (Lipinski definition) is 3. The van der Waals surface area contributed by atoms with Crippen molar-refractivity contribution in [3.05, 3.63) is 29.3 Å². The van der Waals surface area contributed by atoms with Gasteiger partial charge in [0.25, 0.3) is 0 Å². The number of likely N-dealkylation sites (tertiary alicyclic amines) is 1. The Kier molecular flexibility index (Phi) is 4.25. The van der Waals surface area contributed by atoms with E-state index < -0.39 is 0 Å². The van der Waals surface area contributed by atoms with Gasteiger partial charge in [-0.3, -0.25) is 4.90 Å².